The van der Waals surface area contributed by atoms with Crippen LogP contribution in [0.4, 0.5) is 4.39 Å². The normalized spacial score (nSPS) is 12.7. The van der Waals surface area contributed by atoms with Crippen LogP contribution in [0.1, 0.15) is 19.4 Å². The lowest BCUT2D eigenvalue weighted by atomic mass is 10.1. The first-order valence-electron chi connectivity index (χ1n) is 9.09. The topological polar surface area (TPSA) is 89.6 Å². The van der Waals surface area contributed by atoms with Crippen LogP contribution in [0.5, 0.6) is 0 Å². The van der Waals surface area contributed by atoms with Gasteiger partial charge in [0.05, 0.1) is 5.75 Å². The zero-order valence-corrected chi connectivity index (χ0v) is 16.9. The molecule has 0 amide bonds. The zero-order chi connectivity index (χ0) is 19.9. The molecule has 0 bridgehead atoms. The SMILES string of the molecule is CCN(CC)S(=O)(=O)CCNC(=NC)NCCc1c[nH]c2cc(F)ccc12. The van der Waals surface area contributed by atoms with Crippen LogP contribution in [-0.2, 0) is 16.4 Å². The maximum atomic E-state index is 13.2. The van der Waals surface area contributed by atoms with Crippen molar-refractivity contribution in [3.05, 3.63) is 35.8 Å². The van der Waals surface area contributed by atoms with Crippen molar-refractivity contribution in [3.8, 4) is 0 Å². The van der Waals surface area contributed by atoms with Gasteiger partial charge in [-0.25, -0.2) is 17.1 Å². The molecule has 9 heteroatoms. The Bertz CT molecular complexity index is 875. The van der Waals surface area contributed by atoms with Crippen LogP contribution in [0.3, 0.4) is 0 Å². The van der Waals surface area contributed by atoms with Gasteiger partial charge >= 0.3 is 0 Å². The van der Waals surface area contributed by atoms with Gasteiger partial charge < -0.3 is 15.6 Å². The second-order valence-corrected chi connectivity index (χ2v) is 8.17. The number of aromatic nitrogens is 1. The summed E-state index contributed by atoms with van der Waals surface area (Å²) in [5, 5.41) is 7.19. The molecule has 0 aliphatic heterocycles. The molecule has 0 spiro atoms. The van der Waals surface area contributed by atoms with Crippen LogP contribution in [0.25, 0.3) is 10.9 Å². The first kappa shape index (κ1) is 21.2. The largest absolute Gasteiger partial charge is 0.361 e. The lowest BCUT2D eigenvalue weighted by Crippen LogP contribution is -2.42. The van der Waals surface area contributed by atoms with Gasteiger partial charge in [0.2, 0.25) is 10.0 Å². The van der Waals surface area contributed by atoms with Crippen molar-refractivity contribution in [1.29, 1.82) is 0 Å². The second-order valence-electron chi connectivity index (χ2n) is 6.08. The molecule has 0 radical (unpaired) electrons. The summed E-state index contributed by atoms with van der Waals surface area (Å²) in [6, 6.07) is 4.69. The Morgan fingerprint density at radius 2 is 1.93 bits per heavy atom. The number of nitrogens with one attached hydrogen (secondary N) is 3. The Labute approximate surface area is 160 Å². The van der Waals surface area contributed by atoms with Crippen LogP contribution in [0, 0.1) is 5.82 Å². The molecule has 150 valence electrons. The molecule has 2 rings (SSSR count). The third-order valence-corrected chi connectivity index (χ3v) is 6.41. The first-order chi connectivity index (χ1) is 12.9. The molecule has 7 nitrogen and oxygen atoms in total. The average Bonchev–Trinajstić information content (AvgIpc) is 3.03. The van der Waals surface area contributed by atoms with E-state index in [-0.39, 0.29) is 18.1 Å². The smallest absolute Gasteiger partial charge is 0.215 e. The van der Waals surface area contributed by atoms with Gasteiger partial charge in [-0.2, -0.15) is 0 Å². The lowest BCUT2D eigenvalue weighted by Gasteiger charge is -2.19. The summed E-state index contributed by atoms with van der Waals surface area (Å²) in [7, 11) is -1.62. The number of nitrogens with zero attached hydrogens (tertiary/aromatic N) is 2. The number of H-pyrrole nitrogens is 1. The molecule has 27 heavy (non-hydrogen) atoms. The van der Waals surface area contributed by atoms with Gasteiger partial charge in [-0.3, -0.25) is 4.99 Å². The fraction of sp³-hybridized carbons (Fsp3) is 0.500. The predicted molar refractivity (Wildman–Crippen MR) is 108 cm³/mol. The summed E-state index contributed by atoms with van der Waals surface area (Å²) in [5.74, 6) is 0.303. The van der Waals surface area contributed by atoms with Gasteiger partial charge in [0.1, 0.15) is 5.82 Å². The van der Waals surface area contributed by atoms with Gasteiger partial charge in [-0.15, -0.1) is 0 Å². The maximum absolute atomic E-state index is 13.2. The highest BCUT2D eigenvalue weighted by atomic mass is 32.2. The maximum Gasteiger partial charge on any atom is 0.215 e. The number of hydrogen-bond acceptors (Lipinski definition) is 3. The summed E-state index contributed by atoms with van der Waals surface area (Å²) >= 11 is 0. The van der Waals surface area contributed by atoms with Crippen molar-refractivity contribution < 1.29 is 12.8 Å². The molecule has 0 unspecified atom stereocenters. The Morgan fingerprint density at radius 1 is 1.22 bits per heavy atom. The van der Waals surface area contributed by atoms with E-state index < -0.39 is 10.0 Å². The Hall–Kier alpha value is -2.13. The Morgan fingerprint density at radius 3 is 2.59 bits per heavy atom. The number of aliphatic imine (C=N–C) groups is 1. The van der Waals surface area contributed by atoms with Crippen molar-refractivity contribution in [2.24, 2.45) is 4.99 Å². The molecule has 2 aromatic rings. The highest BCUT2D eigenvalue weighted by Crippen LogP contribution is 2.19. The van der Waals surface area contributed by atoms with E-state index in [9.17, 15) is 12.8 Å². The number of halogens is 1. The first-order valence-corrected chi connectivity index (χ1v) is 10.7. The average molecular weight is 398 g/mol. The van der Waals surface area contributed by atoms with Crippen molar-refractivity contribution >= 4 is 26.9 Å². The van der Waals surface area contributed by atoms with Crippen LogP contribution in [-0.4, -0.2) is 62.6 Å². The molecule has 0 aliphatic rings. The minimum absolute atomic E-state index is 0.0173. The number of benzene rings is 1. The fourth-order valence-corrected chi connectivity index (χ4v) is 4.35. The molecule has 0 aliphatic carbocycles. The third kappa shape index (κ3) is 5.67. The van der Waals surface area contributed by atoms with E-state index in [1.165, 1.54) is 16.4 Å². The zero-order valence-electron chi connectivity index (χ0n) is 16.0. The summed E-state index contributed by atoms with van der Waals surface area (Å²) in [5.41, 5.74) is 1.85. The van der Waals surface area contributed by atoms with Gasteiger partial charge in [0, 0.05) is 50.3 Å². The summed E-state index contributed by atoms with van der Waals surface area (Å²) in [6.45, 7) is 5.50. The quantitative estimate of drug-likeness (QED) is 0.444. The monoisotopic (exact) mass is 397 g/mol. The van der Waals surface area contributed by atoms with Crippen molar-refractivity contribution in [2.45, 2.75) is 20.3 Å². The van der Waals surface area contributed by atoms with E-state index in [0.717, 1.165) is 22.9 Å². The molecule has 3 N–H and O–H groups in total. The molecule has 0 atom stereocenters. The van der Waals surface area contributed by atoms with Crippen LogP contribution in [0.15, 0.2) is 29.4 Å². The fourth-order valence-electron chi connectivity index (χ4n) is 2.95. The molecule has 1 aromatic heterocycles. The Kier molecular flexibility index (Phi) is 7.61. The van der Waals surface area contributed by atoms with Crippen LogP contribution < -0.4 is 10.6 Å². The van der Waals surface area contributed by atoms with Crippen LogP contribution in [0.2, 0.25) is 0 Å². The van der Waals surface area contributed by atoms with E-state index in [1.54, 1.807) is 13.1 Å². The Balaban J connectivity index is 1.82. The predicted octanol–water partition coefficient (Wildman–Crippen LogP) is 1.69. The van der Waals surface area contributed by atoms with Crippen molar-refractivity contribution in [2.75, 3.05) is 39.0 Å². The minimum Gasteiger partial charge on any atom is -0.361 e. The van der Waals surface area contributed by atoms with E-state index in [4.69, 9.17) is 0 Å². The second kappa shape index (κ2) is 9.70. The van der Waals surface area contributed by atoms with Gasteiger partial charge in [0.25, 0.3) is 0 Å². The van der Waals surface area contributed by atoms with Gasteiger partial charge in [-0.05, 0) is 30.2 Å². The number of hydrogen-bond donors (Lipinski definition) is 3. The standard InChI is InChI=1S/C18H28FN5O2S/c1-4-24(5-2)27(25,26)11-10-22-18(20-3)21-9-8-14-13-23-17-12-15(19)6-7-16(14)17/h6-7,12-13,23H,4-5,8-11H2,1-3H3,(H2,20,21,22). The number of sulfonamides is 1. The summed E-state index contributed by atoms with van der Waals surface area (Å²) in [4.78, 5) is 7.18. The van der Waals surface area contributed by atoms with E-state index in [0.29, 0.717) is 25.6 Å². The molecule has 0 saturated heterocycles. The van der Waals surface area contributed by atoms with E-state index >= 15 is 0 Å². The van der Waals surface area contributed by atoms with E-state index in [2.05, 4.69) is 20.6 Å². The van der Waals surface area contributed by atoms with E-state index in [1.807, 2.05) is 20.0 Å². The molecule has 0 saturated carbocycles. The lowest BCUT2D eigenvalue weighted by molar-refractivity contribution is 0.445. The van der Waals surface area contributed by atoms with Crippen LogP contribution >= 0.6 is 0 Å². The highest BCUT2D eigenvalue weighted by Gasteiger charge is 2.18. The minimum atomic E-state index is -3.26. The molecule has 1 aromatic carbocycles. The summed E-state index contributed by atoms with van der Waals surface area (Å²) < 4.78 is 39.0. The number of rotatable bonds is 9. The van der Waals surface area contributed by atoms with Crippen molar-refractivity contribution in [1.82, 2.24) is 19.9 Å². The molecular weight excluding hydrogens is 369 g/mol. The van der Waals surface area contributed by atoms with Gasteiger partial charge in [0.15, 0.2) is 5.96 Å². The third-order valence-electron chi connectivity index (χ3n) is 4.39. The number of guanidine groups is 1. The van der Waals surface area contributed by atoms with Crippen molar-refractivity contribution in [3.63, 3.8) is 0 Å². The molecule has 1 heterocycles. The number of fused-ring (bicyclic) bond motifs is 1. The number of aromatic amines is 1. The molecule has 0 fully saturated rings. The van der Waals surface area contributed by atoms with Gasteiger partial charge in [-0.1, -0.05) is 13.8 Å². The summed E-state index contributed by atoms with van der Waals surface area (Å²) in [6.07, 6.45) is 2.60. The highest BCUT2D eigenvalue weighted by molar-refractivity contribution is 7.89. The molecular formula is C18H28FN5O2S.